The number of pyridine rings is 1. The minimum absolute atomic E-state index is 0.00405. The number of hydrogen-bond donors (Lipinski definition) is 1. The molecule has 0 atom stereocenters. The van der Waals surface area contributed by atoms with Gasteiger partial charge >= 0.3 is 16.2 Å². The van der Waals surface area contributed by atoms with Crippen LogP contribution >= 0.6 is 23.2 Å². The zero-order chi connectivity index (χ0) is 29.8. The van der Waals surface area contributed by atoms with Gasteiger partial charge in [-0.1, -0.05) is 23.2 Å². The molecule has 0 aliphatic carbocycles. The Morgan fingerprint density at radius 3 is 2.24 bits per heavy atom. The van der Waals surface area contributed by atoms with Crippen LogP contribution in [0.5, 0.6) is 17.4 Å². The second-order valence-corrected chi connectivity index (χ2v) is 13.1. The SMILES string of the molecule is CCS(=O)(=O)Oc1cc(Oc2cnc(N3CCC(NC(=O)OC(C)(C)C)CC3)nc2)nc(-c2cc(Cl)cc(Cl)c2)c1. The summed E-state index contributed by atoms with van der Waals surface area (Å²) >= 11 is 12.3. The first-order valence-corrected chi connectivity index (χ1v) is 15.3. The molecule has 0 radical (unpaired) electrons. The van der Waals surface area contributed by atoms with Crippen LogP contribution in [0.3, 0.4) is 0 Å². The fraction of sp³-hybridized carbons (Fsp3) is 0.407. The van der Waals surface area contributed by atoms with Crippen molar-refractivity contribution in [2.75, 3.05) is 23.7 Å². The van der Waals surface area contributed by atoms with Crippen LogP contribution in [0.2, 0.25) is 10.0 Å². The number of amides is 1. The Balaban J connectivity index is 1.46. The number of anilines is 1. The smallest absolute Gasteiger partial charge is 0.407 e. The Labute approximate surface area is 249 Å². The van der Waals surface area contributed by atoms with Gasteiger partial charge in [0.1, 0.15) is 11.4 Å². The second kappa shape index (κ2) is 12.7. The summed E-state index contributed by atoms with van der Waals surface area (Å²) in [6, 6.07) is 7.68. The van der Waals surface area contributed by atoms with E-state index in [1.165, 1.54) is 31.5 Å². The number of piperidine rings is 1. The predicted molar refractivity (Wildman–Crippen MR) is 156 cm³/mol. The van der Waals surface area contributed by atoms with Crippen LogP contribution in [0.4, 0.5) is 10.7 Å². The monoisotopic (exact) mass is 623 g/mol. The molecule has 1 aliphatic rings. The van der Waals surface area contributed by atoms with Gasteiger partial charge in [-0.2, -0.15) is 8.42 Å². The maximum Gasteiger partial charge on any atom is 0.407 e. The lowest BCUT2D eigenvalue weighted by atomic mass is 10.1. The van der Waals surface area contributed by atoms with Crippen LogP contribution in [0, 0.1) is 0 Å². The molecule has 0 unspecified atom stereocenters. The highest BCUT2D eigenvalue weighted by Gasteiger charge is 2.25. The number of nitrogens with zero attached hydrogens (tertiary/aromatic N) is 4. The fourth-order valence-electron chi connectivity index (χ4n) is 3.98. The minimum atomic E-state index is -3.81. The number of benzene rings is 1. The largest absolute Gasteiger partial charge is 0.444 e. The lowest BCUT2D eigenvalue weighted by molar-refractivity contribution is 0.0497. The van der Waals surface area contributed by atoms with Gasteiger partial charge in [0.15, 0.2) is 5.75 Å². The van der Waals surface area contributed by atoms with E-state index in [4.69, 9.17) is 36.9 Å². The molecule has 4 rings (SSSR count). The predicted octanol–water partition coefficient (Wildman–Crippen LogP) is 5.86. The molecule has 0 bridgehead atoms. The Morgan fingerprint density at radius 1 is 1.02 bits per heavy atom. The molecule has 11 nitrogen and oxygen atoms in total. The summed E-state index contributed by atoms with van der Waals surface area (Å²) in [7, 11) is -3.81. The Bertz CT molecular complexity index is 1470. The van der Waals surface area contributed by atoms with E-state index in [0.717, 1.165) is 0 Å². The first-order valence-electron chi connectivity index (χ1n) is 12.9. The first-order chi connectivity index (χ1) is 19.3. The molecular formula is C27H31Cl2N5O6S. The van der Waals surface area contributed by atoms with Crippen LogP contribution in [-0.4, -0.2) is 59.9 Å². The van der Waals surface area contributed by atoms with Gasteiger partial charge in [-0.15, -0.1) is 0 Å². The third-order valence-corrected chi connectivity index (χ3v) is 7.44. The minimum Gasteiger partial charge on any atom is -0.444 e. The van der Waals surface area contributed by atoms with E-state index in [0.29, 0.717) is 53.2 Å². The zero-order valence-corrected chi connectivity index (χ0v) is 25.4. The van der Waals surface area contributed by atoms with Gasteiger partial charge in [0.25, 0.3) is 0 Å². The van der Waals surface area contributed by atoms with E-state index in [1.807, 2.05) is 25.7 Å². The Kier molecular flexibility index (Phi) is 9.45. The second-order valence-electron chi connectivity index (χ2n) is 10.3. The van der Waals surface area contributed by atoms with Crippen molar-refractivity contribution in [3.05, 3.63) is 52.8 Å². The number of carbonyl (C=O) groups is 1. The number of alkyl carbamates (subject to hydrolysis) is 1. The number of carbonyl (C=O) groups excluding carboxylic acids is 1. The highest BCUT2D eigenvalue weighted by atomic mass is 35.5. The normalized spacial score (nSPS) is 14.4. The molecule has 3 aromatic rings. The van der Waals surface area contributed by atoms with Crippen LogP contribution < -0.4 is 19.1 Å². The topological polar surface area (TPSA) is 133 Å². The average Bonchev–Trinajstić information content (AvgIpc) is 2.87. The molecule has 1 N–H and O–H groups in total. The van der Waals surface area contributed by atoms with Gasteiger partial charge in [0.2, 0.25) is 11.8 Å². The highest BCUT2D eigenvalue weighted by molar-refractivity contribution is 7.87. The van der Waals surface area contributed by atoms with Crippen molar-refractivity contribution in [2.24, 2.45) is 0 Å². The summed E-state index contributed by atoms with van der Waals surface area (Å²) in [5.41, 5.74) is 0.334. The number of rotatable bonds is 8. The van der Waals surface area contributed by atoms with Crippen molar-refractivity contribution in [3.63, 3.8) is 0 Å². The van der Waals surface area contributed by atoms with Gasteiger partial charge in [-0.05, 0) is 58.7 Å². The molecule has 3 heterocycles. The van der Waals surface area contributed by atoms with Crippen LogP contribution in [0.15, 0.2) is 42.7 Å². The van der Waals surface area contributed by atoms with Crippen molar-refractivity contribution >= 4 is 45.4 Å². The van der Waals surface area contributed by atoms with E-state index in [-0.39, 0.29) is 29.2 Å². The van der Waals surface area contributed by atoms with Crippen molar-refractivity contribution in [1.29, 1.82) is 0 Å². The lowest BCUT2D eigenvalue weighted by Crippen LogP contribution is -2.46. The summed E-state index contributed by atoms with van der Waals surface area (Å²) in [5.74, 6) is 0.663. The van der Waals surface area contributed by atoms with Crippen molar-refractivity contribution in [1.82, 2.24) is 20.3 Å². The molecule has 0 saturated carbocycles. The summed E-state index contributed by atoms with van der Waals surface area (Å²) in [6.45, 7) is 8.26. The summed E-state index contributed by atoms with van der Waals surface area (Å²) in [5, 5.41) is 3.68. The molecule has 2 aromatic heterocycles. The molecule has 41 heavy (non-hydrogen) atoms. The highest BCUT2D eigenvalue weighted by Crippen LogP contribution is 2.32. The molecular weight excluding hydrogens is 593 g/mol. The van der Waals surface area contributed by atoms with Crippen LogP contribution in [-0.2, 0) is 14.9 Å². The zero-order valence-electron chi connectivity index (χ0n) is 23.1. The standard InChI is InChI=1S/C27H31Cl2N5O6S/c1-5-41(36,37)40-21-13-23(17-10-18(28)12-19(29)11-17)33-24(14-21)38-22-15-30-25(31-16-22)34-8-6-20(7-9-34)32-26(35)39-27(2,3)4/h10-16,20H,5-9H2,1-4H3,(H,32,35). The van der Waals surface area contributed by atoms with Gasteiger partial charge in [0, 0.05) is 46.9 Å². The maximum atomic E-state index is 12.1. The van der Waals surface area contributed by atoms with Crippen LogP contribution in [0.25, 0.3) is 11.3 Å². The van der Waals surface area contributed by atoms with Gasteiger partial charge in [-0.3, -0.25) is 0 Å². The first kappa shape index (κ1) is 30.6. The molecule has 1 fully saturated rings. The quantitative estimate of drug-likeness (QED) is 0.304. The third kappa shape index (κ3) is 9.07. The molecule has 1 aliphatic heterocycles. The number of hydrogen-bond acceptors (Lipinski definition) is 10. The molecule has 0 spiro atoms. The summed E-state index contributed by atoms with van der Waals surface area (Å²) in [4.78, 5) is 27.4. The van der Waals surface area contributed by atoms with Crippen molar-refractivity contribution in [3.8, 4) is 28.6 Å². The van der Waals surface area contributed by atoms with Crippen molar-refractivity contribution in [2.45, 2.75) is 52.2 Å². The summed E-state index contributed by atoms with van der Waals surface area (Å²) in [6.07, 6.45) is 4.01. The lowest BCUT2D eigenvalue weighted by Gasteiger charge is -2.32. The van der Waals surface area contributed by atoms with E-state index in [2.05, 4.69) is 20.3 Å². The maximum absolute atomic E-state index is 12.1. The van der Waals surface area contributed by atoms with Crippen LogP contribution in [0.1, 0.15) is 40.5 Å². The number of nitrogens with one attached hydrogen (secondary N) is 1. The molecule has 1 aromatic carbocycles. The molecule has 220 valence electrons. The summed E-state index contributed by atoms with van der Waals surface area (Å²) < 4.78 is 40.7. The van der Waals surface area contributed by atoms with E-state index in [9.17, 15) is 13.2 Å². The molecule has 14 heteroatoms. The number of ether oxygens (including phenoxy) is 2. The third-order valence-electron chi connectivity index (χ3n) is 5.85. The van der Waals surface area contributed by atoms with Gasteiger partial charge < -0.3 is 23.9 Å². The molecule has 1 amide bonds. The van der Waals surface area contributed by atoms with Gasteiger partial charge in [-0.25, -0.2) is 19.7 Å². The molecule has 1 saturated heterocycles. The fourth-order valence-corrected chi connectivity index (χ4v) is 5.01. The Hall–Kier alpha value is -3.35. The van der Waals surface area contributed by atoms with E-state index in [1.54, 1.807) is 18.2 Å². The van der Waals surface area contributed by atoms with E-state index >= 15 is 0 Å². The van der Waals surface area contributed by atoms with E-state index < -0.39 is 21.8 Å². The Morgan fingerprint density at radius 2 is 1.66 bits per heavy atom. The van der Waals surface area contributed by atoms with Gasteiger partial charge in [0.05, 0.1) is 23.8 Å². The number of halogens is 2. The average molecular weight is 625 g/mol. The number of aromatic nitrogens is 3. The van der Waals surface area contributed by atoms with Crippen molar-refractivity contribution < 1.29 is 26.9 Å².